The van der Waals surface area contributed by atoms with Gasteiger partial charge >= 0.3 is 28.2 Å². The average molecular weight is 1350 g/mol. The van der Waals surface area contributed by atoms with Crippen molar-refractivity contribution >= 4 is 76.7 Å². The van der Waals surface area contributed by atoms with Crippen molar-refractivity contribution in [2.45, 2.75) is 184 Å². The van der Waals surface area contributed by atoms with Gasteiger partial charge < -0.3 is 40.2 Å². The number of imide groups is 2. The molecule has 0 saturated heterocycles. The number of aryl methyl sites for hydroxylation is 4. The van der Waals surface area contributed by atoms with Crippen molar-refractivity contribution in [3.8, 4) is 0 Å². The summed E-state index contributed by atoms with van der Waals surface area (Å²) in [4.78, 5) is 79.0. The molecule has 0 bridgehead atoms. The highest BCUT2D eigenvalue weighted by Crippen LogP contribution is 2.33. The summed E-state index contributed by atoms with van der Waals surface area (Å²) in [5, 5.41) is 45.3. The first-order valence-electron chi connectivity index (χ1n) is 35.1. The molecule has 4 amide bonds. The molecular weight excluding hydrogens is 1240 g/mol. The number of carbonyl (C=O) groups excluding carboxylic acids is 4. The zero-order chi connectivity index (χ0) is 70.1. The van der Waals surface area contributed by atoms with Gasteiger partial charge in [0.2, 0.25) is 0 Å². The quantitative estimate of drug-likeness (QED) is 0.0265. The van der Waals surface area contributed by atoms with E-state index in [1.807, 2.05) is 98.2 Å². The Morgan fingerprint density at radius 2 is 0.784 bits per heavy atom. The van der Waals surface area contributed by atoms with Gasteiger partial charge in [0.1, 0.15) is 0 Å². The summed E-state index contributed by atoms with van der Waals surface area (Å²) in [7, 11) is -2.68. The number of hydrogen-bond acceptors (Lipinski definition) is 18. The number of carbonyl (C=O) groups is 4. The molecule has 520 valence electrons. The minimum Gasteiger partial charge on any atom is -0.438 e. The lowest BCUT2D eigenvalue weighted by Gasteiger charge is -2.28. The number of aliphatic imine (C=N–C) groups is 2. The van der Waals surface area contributed by atoms with Crippen molar-refractivity contribution < 1.29 is 39.3 Å². The molecule has 0 fully saturated rings. The van der Waals surface area contributed by atoms with E-state index in [2.05, 4.69) is 64.8 Å². The van der Waals surface area contributed by atoms with E-state index in [0.717, 1.165) is 99.9 Å². The van der Waals surface area contributed by atoms with E-state index in [9.17, 15) is 39.3 Å². The Hall–Kier alpha value is -7.11. The summed E-state index contributed by atoms with van der Waals surface area (Å²) in [6.45, 7) is 25.5. The maximum absolute atomic E-state index is 12.4. The third-order valence-electron chi connectivity index (χ3n) is 17.0. The van der Waals surface area contributed by atoms with Crippen molar-refractivity contribution in [2.24, 2.45) is 9.98 Å². The van der Waals surface area contributed by atoms with E-state index in [1.165, 1.54) is 38.5 Å². The molecule has 4 aromatic heterocycles. The average Bonchev–Trinajstić information content (AvgIpc) is 1.66. The smallest absolute Gasteiger partial charge is 0.367 e. The Morgan fingerprint density at radius 3 is 1.16 bits per heavy atom. The fourth-order valence-electron chi connectivity index (χ4n) is 12.5. The van der Waals surface area contributed by atoms with Crippen molar-refractivity contribution in [2.75, 3.05) is 39.3 Å². The lowest BCUT2D eigenvalue weighted by Crippen LogP contribution is -2.49. The zero-order valence-corrected chi connectivity index (χ0v) is 60.2. The number of amides is 4. The Kier molecular flexibility index (Phi) is 37.4. The van der Waals surface area contributed by atoms with E-state index in [1.54, 1.807) is 104 Å². The van der Waals surface area contributed by atoms with E-state index in [-0.39, 0.29) is 66.7 Å². The molecule has 4 atom stereocenters. The summed E-state index contributed by atoms with van der Waals surface area (Å²) in [5.41, 5.74) is 11.4. The van der Waals surface area contributed by atoms with Gasteiger partial charge in [0.25, 0.3) is 23.6 Å². The minimum absolute atomic E-state index is 0. The molecule has 4 aliphatic carbocycles. The van der Waals surface area contributed by atoms with Crippen LogP contribution in [0.2, 0.25) is 27.3 Å². The fraction of sp³-hybridized carbons (Fsp3) is 0.472. The van der Waals surface area contributed by atoms with Crippen LogP contribution in [0.25, 0.3) is 0 Å². The van der Waals surface area contributed by atoms with Crippen molar-refractivity contribution in [1.29, 1.82) is 0 Å². The Bertz CT molecular complexity index is 3340. The lowest BCUT2D eigenvalue weighted by atomic mass is 9.69. The van der Waals surface area contributed by atoms with Crippen molar-refractivity contribution in [1.82, 2.24) is 49.8 Å². The summed E-state index contributed by atoms with van der Waals surface area (Å²) in [6, 6.07) is 30.9. The largest absolute Gasteiger partial charge is 0.438 e. The highest BCUT2D eigenvalue weighted by molar-refractivity contribution is 6.63. The molecule has 12 rings (SSSR count). The first-order valence-corrected chi connectivity index (χ1v) is 35.1. The first kappa shape index (κ1) is 82.3. The van der Waals surface area contributed by atoms with Gasteiger partial charge in [-0.3, -0.25) is 58.9 Å². The minimum atomic E-state index is -0.696. The van der Waals surface area contributed by atoms with E-state index < -0.39 is 28.2 Å². The maximum Gasteiger partial charge on any atom is 0.367 e. The maximum atomic E-state index is 12.4. The van der Waals surface area contributed by atoms with Gasteiger partial charge in [-0.2, -0.15) is 0 Å². The second-order valence-electron chi connectivity index (χ2n) is 23.0. The van der Waals surface area contributed by atoms with Crippen LogP contribution >= 0.6 is 12.4 Å². The van der Waals surface area contributed by atoms with Crippen LogP contribution in [0, 0.1) is 0 Å². The van der Waals surface area contributed by atoms with E-state index in [4.69, 9.17) is 0 Å². The van der Waals surface area contributed by atoms with Crippen LogP contribution in [0.4, 0.5) is 0 Å². The second kappa shape index (κ2) is 44.0. The predicted octanol–water partition coefficient (Wildman–Crippen LogP) is 11.3. The molecule has 97 heavy (non-hydrogen) atoms. The number of fused-ring (bicyclic) bond motifs is 6. The molecule has 4 unspecified atom stereocenters. The van der Waals surface area contributed by atoms with Crippen molar-refractivity contribution in [3.05, 3.63) is 189 Å². The third-order valence-corrected chi connectivity index (χ3v) is 17.0. The summed E-state index contributed by atoms with van der Waals surface area (Å²) >= 11 is 0. The monoisotopic (exact) mass is 1340 g/mol. The van der Waals surface area contributed by atoms with Crippen LogP contribution in [0.5, 0.6) is 0 Å². The standard InChI is InChI=1S/C19H19N3O2.C19H17N3O2.C13H23B2N3O2.C13H21B2N3O2.4C2H6.ClH/c2*23-18-14-7-1-2-8-15(14)19(24)22(18)12-11-20-16-9-3-5-13-6-4-10-21-17(13)16;2*1-14(19)18(15(2)20)10-9-16-12-7-3-5-11-6-4-8-17-13(11)12;4*1-2;/h1-2,4,6-8,10,16,20H,3,5,9,11-12H2;1-2,4,6-8,10-11,16H,3,5,9,12H2;4,6,8,12,16,19-20H,3,5,7,9-10H2,1-2H3;4,6,8-9,12,19-20H,3,5,7,10H2,1-2H3;4*1-2H3;1H. The predicted molar refractivity (Wildman–Crippen MR) is 398 cm³/mol. The number of pyridine rings is 4. The number of aromatic nitrogens is 4. The molecule has 0 radical (unpaired) electrons. The van der Waals surface area contributed by atoms with Crippen LogP contribution in [0.1, 0.15) is 217 Å². The molecule has 20 nitrogen and oxygen atoms in total. The van der Waals surface area contributed by atoms with Gasteiger partial charge in [-0.15, -0.1) is 12.4 Å². The molecular formula is C72H105B4ClN12O8. The molecule has 2 aromatic carbocycles. The van der Waals surface area contributed by atoms with Gasteiger partial charge in [-0.25, -0.2) is 0 Å². The lowest BCUT2D eigenvalue weighted by molar-refractivity contribution is 0.0646. The van der Waals surface area contributed by atoms with Gasteiger partial charge in [-0.05, 0) is 182 Å². The molecule has 2 aliphatic heterocycles. The molecule has 0 spiro atoms. The number of rotatable bonds is 18. The summed E-state index contributed by atoms with van der Waals surface area (Å²) in [6.07, 6.45) is 23.6. The van der Waals surface area contributed by atoms with Crippen LogP contribution in [-0.2, 0) is 25.7 Å². The Morgan fingerprint density at radius 1 is 0.454 bits per heavy atom. The zero-order valence-electron chi connectivity index (χ0n) is 59.4. The van der Waals surface area contributed by atoms with E-state index in [0.29, 0.717) is 48.4 Å². The molecule has 6 aliphatic rings. The molecule has 25 heteroatoms. The van der Waals surface area contributed by atoms with Gasteiger partial charge in [0.05, 0.1) is 63.7 Å². The number of benzene rings is 2. The second-order valence-corrected chi connectivity index (χ2v) is 23.0. The fourth-order valence-corrected chi connectivity index (χ4v) is 12.5. The normalized spacial score (nSPS) is 17.4. The topological polar surface area (TPSA) is 262 Å². The highest BCUT2D eigenvalue weighted by atomic mass is 35.5. The SMILES string of the molecule is CB(O)N(CC=NC1CCCc2cccnc21)B(C)O.CB(O)N(CCNC1CCCc2cccnc21)B(C)O.CC.CC.CC.CC.Cl.O=C1c2ccccc2C(=O)N1CC=NC1CCCc2cccnc21.O=C1c2ccccc2C(=O)N1CCNC1CCCc2cccnc21. The summed E-state index contributed by atoms with van der Waals surface area (Å²) < 4.78 is 3.21. The van der Waals surface area contributed by atoms with Crippen LogP contribution in [0.15, 0.2) is 132 Å². The van der Waals surface area contributed by atoms with Crippen LogP contribution in [-0.4, -0.2) is 163 Å². The van der Waals surface area contributed by atoms with Crippen LogP contribution < -0.4 is 10.6 Å². The number of nitrogens with one attached hydrogen (secondary N) is 2. The third kappa shape index (κ3) is 23.0. The summed E-state index contributed by atoms with van der Waals surface area (Å²) in [5.74, 6) is -0.882. The van der Waals surface area contributed by atoms with Crippen LogP contribution in [0.3, 0.4) is 0 Å². The Labute approximate surface area is 585 Å². The first-order chi connectivity index (χ1) is 46.7. The molecule has 6 heterocycles. The number of halogens is 1. The highest BCUT2D eigenvalue weighted by Gasteiger charge is 2.36. The van der Waals surface area contributed by atoms with Gasteiger partial charge in [0, 0.05) is 75.5 Å². The molecule has 0 saturated carbocycles. The molecule has 6 N–H and O–H groups in total. The molecule has 6 aromatic rings. The number of hydrogen-bond donors (Lipinski definition) is 6. The Balaban J connectivity index is 0.000000265. The van der Waals surface area contributed by atoms with Gasteiger partial charge in [0.15, 0.2) is 0 Å². The van der Waals surface area contributed by atoms with Crippen molar-refractivity contribution in [3.63, 3.8) is 0 Å². The number of nitrogens with zero attached hydrogens (tertiary/aromatic N) is 10. The van der Waals surface area contributed by atoms with Gasteiger partial charge in [-0.1, -0.05) is 104 Å². The van der Waals surface area contributed by atoms with E-state index >= 15 is 0 Å².